The van der Waals surface area contributed by atoms with Crippen molar-refractivity contribution in [1.29, 1.82) is 0 Å². The van der Waals surface area contributed by atoms with E-state index < -0.39 is 12.1 Å². The van der Waals surface area contributed by atoms with Gasteiger partial charge in [0.2, 0.25) is 5.91 Å². The van der Waals surface area contributed by atoms with Gasteiger partial charge in [0.25, 0.3) is 0 Å². The molecule has 1 fully saturated rings. The summed E-state index contributed by atoms with van der Waals surface area (Å²) in [4.78, 5) is 26.5. The van der Waals surface area contributed by atoms with Gasteiger partial charge < -0.3 is 4.74 Å². The summed E-state index contributed by atoms with van der Waals surface area (Å²) in [6, 6.07) is 19.3. The Hall–Kier alpha value is -2.53. The average Bonchev–Trinajstić information content (AvgIpc) is 2.66. The second kappa shape index (κ2) is 7.00. The summed E-state index contributed by atoms with van der Waals surface area (Å²) in [6.07, 6.45) is 1.80. The lowest BCUT2D eigenvalue weighted by Crippen LogP contribution is -2.54. The van der Waals surface area contributed by atoms with Crippen LogP contribution in [0.5, 0.6) is 0 Å². The van der Waals surface area contributed by atoms with Crippen LogP contribution in [0.2, 0.25) is 0 Å². The molecule has 2 heterocycles. The van der Waals surface area contributed by atoms with Gasteiger partial charge in [-0.3, -0.25) is 9.69 Å². The van der Waals surface area contributed by atoms with Crippen LogP contribution in [0, 0.1) is 0 Å². The predicted molar refractivity (Wildman–Crippen MR) is 101 cm³/mol. The van der Waals surface area contributed by atoms with E-state index in [1.54, 1.807) is 16.7 Å². The Labute approximate surface area is 156 Å². The molecule has 4 nitrogen and oxygen atoms in total. The lowest BCUT2D eigenvalue weighted by atomic mass is 10.0. The van der Waals surface area contributed by atoms with Gasteiger partial charge >= 0.3 is 5.97 Å². The Balaban J connectivity index is 1.64. The maximum absolute atomic E-state index is 12.9. The molecule has 2 aromatic rings. The first-order chi connectivity index (χ1) is 12.6. The summed E-state index contributed by atoms with van der Waals surface area (Å²) in [5.74, 6) is -0.471. The van der Waals surface area contributed by atoms with Crippen LogP contribution in [0.25, 0.3) is 0 Å². The zero-order valence-corrected chi connectivity index (χ0v) is 15.2. The summed E-state index contributed by atoms with van der Waals surface area (Å²) < 4.78 is 5.90. The third-order valence-electron chi connectivity index (χ3n) is 4.57. The Kier molecular flexibility index (Phi) is 4.55. The minimum absolute atomic E-state index is 0.0198. The first-order valence-corrected chi connectivity index (χ1v) is 9.58. The van der Waals surface area contributed by atoms with Gasteiger partial charge in [-0.25, -0.2) is 4.79 Å². The molecule has 4 rings (SSSR count). The highest BCUT2D eigenvalue weighted by Gasteiger charge is 2.45. The van der Waals surface area contributed by atoms with E-state index in [0.717, 1.165) is 11.1 Å². The molecule has 0 radical (unpaired) electrons. The summed E-state index contributed by atoms with van der Waals surface area (Å²) >= 11 is 1.69. The number of β-lactam (4-membered cyclic amide) rings is 1. The van der Waals surface area contributed by atoms with Crippen molar-refractivity contribution in [3.8, 4) is 0 Å². The molecule has 0 N–H and O–H groups in total. The molecule has 2 atom stereocenters. The molecule has 1 amide bonds. The SMILES string of the molecule is CC1C=C(C(=O)OC(c2ccccc2)c2ccccc2)N2C(=O)C[C@H]2S1. The lowest BCUT2D eigenvalue weighted by Gasteiger charge is -2.44. The Morgan fingerprint density at radius 3 is 2.19 bits per heavy atom. The quantitative estimate of drug-likeness (QED) is 0.609. The van der Waals surface area contributed by atoms with E-state index in [0.29, 0.717) is 12.1 Å². The number of hydrogen-bond acceptors (Lipinski definition) is 4. The molecule has 0 spiro atoms. The first kappa shape index (κ1) is 16.9. The largest absolute Gasteiger partial charge is 0.448 e. The molecular formula is C21H19NO3S. The van der Waals surface area contributed by atoms with Crippen LogP contribution in [-0.2, 0) is 14.3 Å². The van der Waals surface area contributed by atoms with Crippen molar-refractivity contribution < 1.29 is 14.3 Å². The summed E-state index contributed by atoms with van der Waals surface area (Å²) in [6.45, 7) is 2.03. The van der Waals surface area contributed by atoms with Crippen molar-refractivity contribution in [2.24, 2.45) is 0 Å². The lowest BCUT2D eigenvalue weighted by molar-refractivity contribution is -0.151. The predicted octanol–water partition coefficient (Wildman–Crippen LogP) is 3.90. The van der Waals surface area contributed by atoms with E-state index >= 15 is 0 Å². The third-order valence-corrected chi connectivity index (χ3v) is 5.83. The molecule has 0 aromatic heterocycles. The van der Waals surface area contributed by atoms with Gasteiger partial charge in [-0.05, 0) is 24.1 Å². The maximum atomic E-state index is 12.9. The monoisotopic (exact) mass is 365 g/mol. The molecule has 2 aliphatic rings. The van der Waals surface area contributed by atoms with E-state index in [1.807, 2.05) is 73.7 Å². The fourth-order valence-corrected chi connectivity index (χ4v) is 4.59. The van der Waals surface area contributed by atoms with Gasteiger partial charge in [0.1, 0.15) is 5.70 Å². The van der Waals surface area contributed by atoms with E-state index in [4.69, 9.17) is 4.74 Å². The van der Waals surface area contributed by atoms with Gasteiger partial charge in [0.15, 0.2) is 6.10 Å². The molecule has 132 valence electrons. The van der Waals surface area contributed by atoms with Gasteiger partial charge in [-0.15, -0.1) is 11.8 Å². The van der Waals surface area contributed by atoms with Gasteiger partial charge in [0.05, 0.1) is 11.8 Å². The second-order valence-electron chi connectivity index (χ2n) is 6.42. The summed E-state index contributed by atoms with van der Waals surface area (Å²) in [5, 5.41) is 0.232. The molecule has 0 aliphatic carbocycles. The van der Waals surface area contributed by atoms with Crippen molar-refractivity contribution in [2.75, 3.05) is 0 Å². The normalized spacial score (nSPS) is 21.7. The number of ether oxygens (including phenoxy) is 1. The standard InChI is InChI=1S/C21H19NO3S/c1-14-12-17(22-18(23)13-19(22)26-14)21(24)25-20(15-8-4-2-5-9-15)16-10-6-3-7-11-16/h2-12,14,19-20H,13H2,1H3/t14?,19-/m1/s1. The molecule has 1 saturated heterocycles. The number of nitrogens with zero attached hydrogens (tertiary/aromatic N) is 1. The molecule has 5 heteroatoms. The van der Waals surface area contributed by atoms with Crippen molar-refractivity contribution in [1.82, 2.24) is 4.90 Å². The molecule has 2 aromatic carbocycles. The molecule has 26 heavy (non-hydrogen) atoms. The fourth-order valence-electron chi connectivity index (χ4n) is 3.29. The number of thioether (sulfide) groups is 1. The Morgan fingerprint density at radius 1 is 1.08 bits per heavy atom. The van der Waals surface area contributed by atoms with Crippen LogP contribution < -0.4 is 0 Å². The van der Waals surface area contributed by atoms with E-state index in [1.165, 1.54) is 0 Å². The maximum Gasteiger partial charge on any atom is 0.355 e. The van der Waals surface area contributed by atoms with Gasteiger partial charge in [-0.1, -0.05) is 60.7 Å². The highest BCUT2D eigenvalue weighted by Crippen LogP contribution is 2.41. The van der Waals surface area contributed by atoms with Crippen molar-refractivity contribution in [2.45, 2.75) is 30.1 Å². The van der Waals surface area contributed by atoms with Crippen LogP contribution in [0.4, 0.5) is 0 Å². The molecule has 2 aliphatic heterocycles. The van der Waals surface area contributed by atoms with Crippen LogP contribution in [0.15, 0.2) is 72.4 Å². The molecule has 1 unspecified atom stereocenters. The fraction of sp³-hybridized carbons (Fsp3) is 0.238. The number of fused-ring (bicyclic) bond motifs is 1. The topological polar surface area (TPSA) is 46.6 Å². The molecule has 0 saturated carbocycles. The van der Waals surface area contributed by atoms with Crippen LogP contribution in [-0.4, -0.2) is 27.4 Å². The smallest absolute Gasteiger partial charge is 0.355 e. The number of carbonyl (C=O) groups excluding carboxylic acids is 2. The minimum Gasteiger partial charge on any atom is -0.448 e. The van der Waals surface area contributed by atoms with Crippen molar-refractivity contribution >= 4 is 23.6 Å². The van der Waals surface area contributed by atoms with Crippen LogP contribution in [0.3, 0.4) is 0 Å². The van der Waals surface area contributed by atoms with Gasteiger partial charge in [0, 0.05) is 5.25 Å². The van der Waals surface area contributed by atoms with Crippen LogP contribution in [0.1, 0.15) is 30.6 Å². The second-order valence-corrected chi connectivity index (χ2v) is 7.98. The molecule has 0 bridgehead atoms. The minimum atomic E-state index is -0.509. The number of rotatable bonds is 4. The highest BCUT2D eigenvalue weighted by molar-refractivity contribution is 8.00. The average molecular weight is 365 g/mol. The summed E-state index contributed by atoms with van der Waals surface area (Å²) in [7, 11) is 0. The zero-order chi connectivity index (χ0) is 18.1. The number of esters is 1. The number of benzene rings is 2. The van der Waals surface area contributed by atoms with E-state index in [9.17, 15) is 9.59 Å². The van der Waals surface area contributed by atoms with Crippen molar-refractivity contribution in [3.05, 3.63) is 83.6 Å². The summed E-state index contributed by atoms with van der Waals surface area (Å²) in [5.41, 5.74) is 2.17. The van der Waals surface area contributed by atoms with E-state index in [2.05, 4.69) is 0 Å². The highest BCUT2D eigenvalue weighted by atomic mass is 32.2. The van der Waals surface area contributed by atoms with E-state index in [-0.39, 0.29) is 16.5 Å². The van der Waals surface area contributed by atoms with Crippen molar-refractivity contribution in [3.63, 3.8) is 0 Å². The number of hydrogen-bond donors (Lipinski definition) is 0. The number of amides is 1. The Bertz CT molecular complexity index is 811. The zero-order valence-electron chi connectivity index (χ0n) is 14.4. The number of carbonyl (C=O) groups is 2. The Morgan fingerprint density at radius 2 is 1.65 bits per heavy atom. The van der Waals surface area contributed by atoms with Gasteiger partial charge in [-0.2, -0.15) is 0 Å². The van der Waals surface area contributed by atoms with Crippen LogP contribution >= 0.6 is 11.8 Å². The molecular weight excluding hydrogens is 346 g/mol. The first-order valence-electron chi connectivity index (χ1n) is 8.63. The third kappa shape index (κ3) is 3.15.